The number of hydrogen-bond acceptors (Lipinski definition) is 3. The molecular formula is C10H5ClF3N3O2. The van der Waals surface area contributed by atoms with E-state index in [1.54, 1.807) is 0 Å². The SMILES string of the molecule is O=C(O)c1c(C(F)(F)F)nn(-c2ccncc2)c1Cl. The maximum atomic E-state index is 12.7. The Kier molecular flexibility index (Phi) is 3.19. The van der Waals surface area contributed by atoms with Crippen molar-refractivity contribution in [1.29, 1.82) is 0 Å². The molecule has 0 aliphatic heterocycles. The van der Waals surface area contributed by atoms with Gasteiger partial charge in [0.25, 0.3) is 0 Å². The van der Waals surface area contributed by atoms with E-state index in [0.717, 1.165) is 0 Å². The van der Waals surface area contributed by atoms with Crippen LogP contribution in [0.3, 0.4) is 0 Å². The number of halogens is 4. The summed E-state index contributed by atoms with van der Waals surface area (Å²) in [5.41, 5.74) is -2.44. The molecule has 0 atom stereocenters. The van der Waals surface area contributed by atoms with Gasteiger partial charge < -0.3 is 5.11 Å². The van der Waals surface area contributed by atoms with Gasteiger partial charge in [-0.05, 0) is 12.1 Å². The van der Waals surface area contributed by atoms with Crippen LogP contribution in [0.4, 0.5) is 13.2 Å². The van der Waals surface area contributed by atoms with Gasteiger partial charge >= 0.3 is 12.1 Å². The number of rotatable bonds is 2. The molecule has 2 rings (SSSR count). The van der Waals surface area contributed by atoms with Crippen molar-refractivity contribution in [3.8, 4) is 5.69 Å². The summed E-state index contributed by atoms with van der Waals surface area (Å²) in [6, 6.07) is 2.70. The van der Waals surface area contributed by atoms with E-state index in [-0.39, 0.29) is 5.69 Å². The molecule has 0 radical (unpaired) electrons. The van der Waals surface area contributed by atoms with Crippen LogP contribution in [0, 0.1) is 0 Å². The molecule has 0 saturated carbocycles. The van der Waals surface area contributed by atoms with E-state index in [1.165, 1.54) is 24.5 Å². The average Bonchev–Trinajstić information content (AvgIpc) is 2.68. The molecule has 0 bridgehead atoms. The van der Waals surface area contributed by atoms with Crippen LogP contribution in [0.1, 0.15) is 16.1 Å². The molecule has 0 aromatic carbocycles. The Morgan fingerprint density at radius 2 is 1.89 bits per heavy atom. The lowest BCUT2D eigenvalue weighted by molar-refractivity contribution is -0.141. The molecule has 0 unspecified atom stereocenters. The molecule has 1 N–H and O–H groups in total. The Balaban J connectivity index is 2.70. The van der Waals surface area contributed by atoms with Crippen molar-refractivity contribution in [2.24, 2.45) is 0 Å². The number of carbonyl (C=O) groups is 1. The molecule has 0 aliphatic rings. The summed E-state index contributed by atoms with van der Waals surface area (Å²) in [5.74, 6) is -1.79. The molecule has 0 amide bonds. The third-order valence-corrected chi connectivity index (χ3v) is 2.57. The quantitative estimate of drug-likeness (QED) is 0.923. The first-order valence-corrected chi connectivity index (χ1v) is 5.19. The number of aromatic carboxylic acids is 1. The highest BCUT2D eigenvalue weighted by Crippen LogP contribution is 2.35. The van der Waals surface area contributed by atoms with Gasteiger partial charge in [-0.25, -0.2) is 9.48 Å². The smallest absolute Gasteiger partial charge is 0.436 e. The number of nitrogens with zero attached hydrogens (tertiary/aromatic N) is 3. The van der Waals surface area contributed by atoms with E-state index in [2.05, 4.69) is 10.1 Å². The standard InChI is InChI=1S/C10H5ClF3N3O2/c11-8-6(9(18)19)7(10(12,13)14)16-17(8)5-1-3-15-4-2-5/h1-4H,(H,18,19). The van der Waals surface area contributed by atoms with E-state index >= 15 is 0 Å². The number of hydrogen-bond donors (Lipinski definition) is 1. The summed E-state index contributed by atoms with van der Waals surface area (Å²) >= 11 is 5.66. The fraction of sp³-hybridized carbons (Fsp3) is 0.100. The Labute approximate surface area is 109 Å². The number of carboxylic acid groups (broad SMARTS) is 1. The molecule has 100 valence electrons. The first-order valence-electron chi connectivity index (χ1n) is 4.81. The maximum Gasteiger partial charge on any atom is 0.436 e. The molecule has 0 saturated heterocycles. The van der Waals surface area contributed by atoms with Crippen LogP contribution in [-0.4, -0.2) is 25.8 Å². The van der Waals surface area contributed by atoms with Crippen LogP contribution in [-0.2, 0) is 6.18 Å². The summed E-state index contributed by atoms with van der Waals surface area (Å²) in [6.07, 6.45) is -2.27. The summed E-state index contributed by atoms with van der Waals surface area (Å²) in [5, 5.41) is 11.4. The minimum Gasteiger partial charge on any atom is -0.478 e. The second kappa shape index (κ2) is 4.54. The summed E-state index contributed by atoms with van der Waals surface area (Å²) < 4.78 is 38.8. The molecule has 0 fully saturated rings. The monoisotopic (exact) mass is 291 g/mol. The maximum absolute atomic E-state index is 12.7. The zero-order chi connectivity index (χ0) is 14.2. The van der Waals surface area contributed by atoms with Crippen LogP contribution in [0.25, 0.3) is 5.69 Å². The van der Waals surface area contributed by atoms with Gasteiger partial charge in [0.1, 0.15) is 10.7 Å². The third kappa shape index (κ3) is 2.39. The third-order valence-electron chi connectivity index (χ3n) is 2.22. The molecule has 2 aromatic heterocycles. The highest BCUT2D eigenvalue weighted by molar-refractivity contribution is 6.33. The van der Waals surface area contributed by atoms with E-state index in [0.29, 0.717) is 4.68 Å². The molecule has 0 aliphatic carbocycles. The van der Waals surface area contributed by atoms with Gasteiger partial charge in [-0.1, -0.05) is 11.6 Å². The van der Waals surface area contributed by atoms with Gasteiger partial charge in [0, 0.05) is 12.4 Å². The second-order valence-electron chi connectivity index (χ2n) is 3.43. The number of pyridine rings is 1. The van der Waals surface area contributed by atoms with Crippen molar-refractivity contribution in [1.82, 2.24) is 14.8 Å². The van der Waals surface area contributed by atoms with Crippen molar-refractivity contribution >= 4 is 17.6 Å². The second-order valence-corrected chi connectivity index (χ2v) is 3.79. The fourth-order valence-electron chi connectivity index (χ4n) is 1.44. The van der Waals surface area contributed by atoms with Crippen molar-refractivity contribution in [2.45, 2.75) is 6.18 Å². The zero-order valence-electron chi connectivity index (χ0n) is 9.02. The molecular weight excluding hydrogens is 287 g/mol. The Morgan fingerprint density at radius 1 is 1.32 bits per heavy atom. The largest absolute Gasteiger partial charge is 0.478 e. The molecule has 9 heteroatoms. The lowest BCUT2D eigenvalue weighted by Crippen LogP contribution is -2.12. The zero-order valence-corrected chi connectivity index (χ0v) is 9.77. The van der Waals surface area contributed by atoms with Crippen LogP contribution in [0.15, 0.2) is 24.5 Å². The average molecular weight is 292 g/mol. The Morgan fingerprint density at radius 3 is 2.32 bits per heavy atom. The number of aromatic nitrogens is 3. The van der Waals surface area contributed by atoms with E-state index in [4.69, 9.17) is 16.7 Å². The van der Waals surface area contributed by atoms with Gasteiger partial charge in [-0.15, -0.1) is 0 Å². The lowest BCUT2D eigenvalue weighted by atomic mass is 10.2. The fourth-order valence-corrected chi connectivity index (χ4v) is 1.75. The molecule has 2 heterocycles. The van der Waals surface area contributed by atoms with Crippen LogP contribution < -0.4 is 0 Å². The minimum absolute atomic E-state index is 0.179. The first kappa shape index (κ1) is 13.3. The number of carboxylic acids is 1. The van der Waals surface area contributed by atoms with Crippen LogP contribution in [0.5, 0.6) is 0 Å². The molecule has 2 aromatic rings. The highest BCUT2D eigenvalue weighted by Gasteiger charge is 2.41. The van der Waals surface area contributed by atoms with E-state index in [9.17, 15) is 18.0 Å². The van der Waals surface area contributed by atoms with Gasteiger partial charge in [0.05, 0.1) is 5.69 Å². The lowest BCUT2D eigenvalue weighted by Gasteiger charge is -2.02. The van der Waals surface area contributed by atoms with Crippen molar-refractivity contribution in [3.05, 3.63) is 40.9 Å². The minimum atomic E-state index is -4.91. The van der Waals surface area contributed by atoms with Gasteiger partial charge in [0.15, 0.2) is 5.69 Å². The van der Waals surface area contributed by atoms with Gasteiger partial charge in [-0.2, -0.15) is 18.3 Å². The highest BCUT2D eigenvalue weighted by atomic mass is 35.5. The molecule has 19 heavy (non-hydrogen) atoms. The van der Waals surface area contributed by atoms with Crippen LogP contribution in [0.2, 0.25) is 5.15 Å². The van der Waals surface area contributed by atoms with Crippen molar-refractivity contribution in [3.63, 3.8) is 0 Å². The Hall–Kier alpha value is -2.09. The number of alkyl halides is 3. The van der Waals surface area contributed by atoms with Crippen molar-refractivity contribution in [2.75, 3.05) is 0 Å². The molecule has 0 spiro atoms. The topological polar surface area (TPSA) is 68.0 Å². The Bertz CT molecular complexity index is 625. The van der Waals surface area contributed by atoms with Gasteiger partial charge in [-0.3, -0.25) is 4.98 Å². The summed E-state index contributed by atoms with van der Waals surface area (Å²) in [4.78, 5) is 14.6. The predicted octanol–water partition coefficient (Wildman–Crippen LogP) is 2.64. The normalized spacial score (nSPS) is 11.6. The van der Waals surface area contributed by atoms with Crippen molar-refractivity contribution < 1.29 is 23.1 Å². The van der Waals surface area contributed by atoms with E-state index in [1.807, 2.05) is 0 Å². The summed E-state index contributed by atoms with van der Waals surface area (Å²) in [6.45, 7) is 0. The van der Waals surface area contributed by atoms with E-state index < -0.39 is 28.6 Å². The summed E-state index contributed by atoms with van der Waals surface area (Å²) in [7, 11) is 0. The first-order chi connectivity index (χ1) is 8.82. The van der Waals surface area contributed by atoms with Crippen LogP contribution >= 0.6 is 11.6 Å². The predicted molar refractivity (Wildman–Crippen MR) is 58.3 cm³/mol. The van der Waals surface area contributed by atoms with Gasteiger partial charge in [0.2, 0.25) is 0 Å². The molecule has 5 nitrogen and oxygen atoms in total.